The lowest BCUT2D eigenvalue weighted by Crippen LogP contribution is -2.36. The maximum absolute atomic E-state index is 13.4. The van der Waals surface area contributed by atoms with Crippen molar-refractivity contribution in [1.29, 1.82) is 0 Å². The Labute approximate surface area is 131 Å². The SMILES string of the molecule is CC1(c2cc(F)cc(F)c2)OC(=S)N(c2ccccc2)C1=O. The number of anilines is 1. The molecule has 1 fully saturated rings. The van der Waals surface area contributed by atoms with Gasteiger partial charge in [-0.05, 0) is 43.4 Å². The zero-order chi connectivity index (χ0) is 15.9. The summed E-state index contributed by atoms with van der Waals surface area (Å²) in [5.41, 5.74) is -0.940. The fraction of sp³-hybridized carbons (Fsp3) is 0.125. The molecular weight excluding hydrogens is 308 g/mol. The summed E-state index contributed by atoms with van der Waals surface area (Å²) in [6, 6.07) is 11.6. The molecule has 1 aliphatic heterocycles. The molecule has 1 amide bonds. The monoisotopic (exact) mass is 319 g/mol. The molecule has 1 unspecified atom stereocenters. The number of ether oxygens (including phenoxy) is 1. The highest BCUT2D eigenvalue weighted by Crippen LogP contribution is 2.37. The molecule has 1 atom stereocenters. The molecule has 6 heteroatoms. The lowest BCUT2D eigenvalue weighted by Gasteiger charge is -2.21. The van der Waals surface area contributed by atoms with E-state index < -0.39 is 23.1 Å². The van der Waals surface area contributed by atoms with Crippen LogP contribution in [0.4, 0.5) is 14.5 Å². The van der Waals surface area contributed by atoms with Crippen LogP contribution in [0, 0.1) is 11.6 Å². The number of carbonyl (C=O) groups excluding carboxylic acids is 1. The largest absolute Gasteiger partial charge is 0.449 e. The molecule has 2 aromatic rings. The van der Waals surface area contributed by atoms with Gasteiger partial charge in [-0.3, -0.25) is 4.79 Å². The van der Waals surface area contributed by atoms with Gasteiger partial charge in [0, 0.05) is 11.6 Å². The van der Waals surface area contributed by atoms with Crippen LogP contribution in [-0.4, -0.2) is 11.1 Å². The average molecular weight is 319 g/mol. The number of benzene rings is 2. The topological polar surface area (TPSA) is 29.5 Å². The number of amides is 1. The quantitative estimate of drug-likeness (QED) is 0.793. The molecule has 22 heavy (non-hydrogen) atoms. The van der Waals surface area contributed by atoms with E-state index in [0.29, 0.717) is 5.69 Å². The third-order valence-corrected chi connectivity index (χ3v) is 3.78. The van der Waals surface area contributed by atoms with Gasteiger partial charge in [-0.15, -0.1) is 0 Å². The molecule has 0 aliphatic carbocycles. The number of hydrogen-bond donors (Lipinski definition) is 0. The lowest BCUT2D eigenvalue weighted by molar-refractivity contribution is -0.128. The highest BCUT2D eigenvalue weighted by atomic mass is 32.1. The van der Waals surface area contributed by atoms with Crippen LogP contribution in [0.1, 0.15) is 12.5 Å². The van der Waals surface area contributed by atoms with Crippen LogP contribution in [0.3, 0.4) is 0 Å². The molecule has 1 aliphatic rings. The molecule has 112 valence electrons. The number of para-hydroxylation sites is 1. The Morgan fingerprint density at radius 3 is 2.27 bits per heavy atom. The van der Waals surface area contributed by atoms with Crippen molar-refractivity contribution >= 4 is 29.0 Å². The Bertz CT molecular complexity index is 746. The van der Waals surface area contributed by atoms with E-state index in [2.05, 4.69) is 0 Å². The summed E-state index contributed by atoms with van der Waals surface area (Å²) in [5, 5.41) is -0.0524. The second kappa shape index (κ2) is 5.14. The van der Waals surface area contributed by atoms with Crippen molar-refractivity contribution in [1.82, 2.24) is 0 Å². The maximum Gasteiger partial charge on any atom is 0.283 e. The molecule has 0 bridgehead atoms. The Morgan fingerprint density at radius 2 is 1.68 bits per heavy atom. The van der Waals surface area contributed by atoms with Crippen LogP contribution in [-0.2, 0) is 15.1 Å². The zero-order valence-electron chi connectivity index (χ0n) is 11.5. The Balaban J connectivity index is 2.06. The normalized spacial score (nSPS) is 21.1. The van der Waals surface area contributed by atoms with Crippen LogP contribution in [0.25, 0.3) is 0 Å². The van der Waals surface area contributed by atoms with Crippen molar-refractivity contribution < 1.29 is 18.3 Å². The number of halogens is 2. The first kappa shape index (κ1) is 14.6. The van der Waals surface area contributed by atoms with Crippen LogP contribution in [0.15, 0.2) is 48.5 Å². The molecule has 0 spiro atoms. The summed E-state index contributed by atoms with van der Waals surface area (Å²) in [7, 11) is 0. The maximum atomic E-state index is 13.4. The first-order valence-electron chi connectivity index (χ1n) is 6.51. The van der Waals surface area contributed by atoms with Crippen LogP contribution < -0.4 is 4.90 Å². The van der Waals surface area contributed by atoms with Gasteiger partial charge in [-0.1, -0.05) is 18.2 Å². The van der Waals surface area contributed by atoms with E-state index in [0.717, 1.165) is 18.2 Å². The van der Waals surface area contributed by atoms with Crippen molar-refractivity contribution in [2.45, 2.75) is 12.5 Å². The van der Waals surface area contributed by atoms with Crippen molar-refractivity contribution in [2.75, 3.05) is 4.90 Å². The summed E-state index contributed by atoms with van der Waals surface area (Å²) in [5.74, 6) is -2.05. The summed E-state index contributed by atoms with van der Waals surface area (Å²) >= 11 is 5.11. The number of hydrogen-bond acceptors (Lipinski definition) is 3. The molecule has 1 saturated heterocycles. The predicted molar refractivity (Wildman–Crippen MR) is 81.3 cm³/mol. The van der Waals surface area contributed by atoms with E-state index in [1.807, 2.05) is 0 Å². The van der Waals surface area contributed by atoms with Crippen molar-refractivity contribution in [3.63, 3.8) is 0 Å². The first-order chi connectivity index (χ1) is 10.4. The van der Waals surface area contributed by atoms with Crippen molar-refractivity contribution in [3.8, 4) is 0 Å². The number of carbonyl (C=O) groups is 1. The molecule has 0 radical (unpaired) electrons. The third kappa shape index (κ3) is 2.25. The second-order valence-electron chi connectivity index (χ2n) is 5.04. The predicted octanol–water partition coefficient (Wildman–Crippen LogP) is 3.53. The molecule has 3 nitrogen and oxygen atoms in total. The van der Waals surface area contributed by atoms with Gasteiger partial charge >= 0.3 is 0 Å². The summed E-state index contributed by atoms with van der Waals surface area (Å²) in [6.45, 7) is 1.44. The molecule has 3 rings (SSSR count). The summed E-state index contributed by atoms with van der Waals surface area (Å²) in [4.78, 5) is 14.0. The van der Waals surface area contributed by atoms with Crippen LogP contribution in [0.5, 0.6) is 0 Å². The average Bonchev–Trinajstić information content (AvgIpc) is 2.70. The summed E-state index contributed by atoms with van der Waals surface area (Å²) < 4.78 is 32.4. The number of rotatable bonds is 2. The lowest BCUT2D eigenvalue weighted by atomic mass is 9.94. The minimum Gasteiger partial charge on any atom is -0.449 e. The van der Waals surface area contributed by atoms with Crippen LogP contribution >= 0.6 is 12.2 Å². The van der Waals surface area contributed by atoms with Crippen LogP contribution in [0.2, 0.25) is 0 Å². The molecular formula is C16H11F2NO2S. The van der Waals surface area contributed by atoms with Crippen molar-refractivity contribution in [2.24, 2.45) is 0 Å². The van der Waals surface area contributed by atoms with Gasteiger partial charge < -0.3 is 4.74 Å². The fourth-order valence-electron chi connectivity index (χ4n) is 2.37. The van der Waals surface area contributed by atoms with Gasteiger partial charge in [0.15, 0.2) is 0 Å². The Hall–Kier alpha value is -2.34. The van der Waals surface area contributed by atoms with E-state index in [9.17, 15) is 13.6 Å². The second-order valence-corrected chi connectivity index (χ2v) is 5.38. The zero-order valence-corrected chi connectivity index (χ0v) is 12.4. The number of thiocarbonyl (C=S) groups is 1. The Morgan fingerprint density at radius 1 is 1.09 bits per heavy atom. The van der Waals surface area contributed by atoms with Gasteiger partial charge in [-0.2, -0.15) is 0 Å². The van der Waals surface area contributed by atoms with Gasteiger partial charge in [-0.25, -0.2) is 13.7 Å². The van der Waals surface area contributed by atoms with E-state index in [1.54, 1.807) is 30.3 Å². The van der Waals surface area contributed by atoms with E-state index in [4.69, 9.17) is 17.0 Å². The van der Waals surface area contributed by atoms with Gasteiger partial charge in [0.25, 0.3) is 11.1 Å². The minimum absolute atomic E-state index is 0.0524. The Kier molecular flexibility index (Phi) is 3.41. The molecule has 1 heterocycles. The smallest absolute Gasteiger partial charge is 0.283 e. The van der Waals surface area contributed by atoms with Gasteiger partial charge in [0.1, 0.15) is 11.6 Å². The standard InChI is InChI=1S/C16H11F2NO2S/c1-16(10-7-11(17)9-12(18)8-10)14(20)19(15(22)21-16)13-5-3-2-4-6-13/h2-9H,1H3. The van der Waals surface area contributed by atoms with Gasteiger partial charge in [0.05, 0.1) is 5.69 Å². The van der Waals surface area contributed by atoms with E-state index in [1.165, 1.54) is 11.8 Å². The number of nitrogens with zero attached hydrogens (tertiary/aromatic N) is 1. The van der Waals surface area contributed by atoms with Gasteiger partial charge in [0.2, 0.25) is 5.60 Å². The van der Waals surface area contributed by atoms with Crippen molar-refractivity contribution in [3.05, 3.63) is 65.7 Å². The third-order valence-electron chi connectivity index (χ3n) is 3.51. The van der Waals surface area contributed by atoms with E-state index in [-0.39, 0.29) is 10.7 Å². The van der Waals surface area contributed by atoms with E-state index >= 15 is 0 Å². The highest BCUT2D eigenvalue weighted by molar-refractivity contribution is 7.80. The summed E-state index contributed by atoms with van der Waals surface area (Å²) in [6.07, 6.45) is 0. The fourth-order valence-corrected chi connectivity index (χ4v) is 2.73. The minimum atomic E-state index is -1.56. The molecule has 0 aromatic heterocycles. The molecule has 0 N–H and O–H groups in total. The molecule has 0 saturated carbocycles. The highest BCUT2D eigenvalue weighted by Gasteiger charge is 2.50. The molecule has 2 aromatic carbocycles. The first-order valence-corrected chi connectivity index (χ1v) is 6.92.